The molecule has 18 heavy (non-hydrogen) atoms. The number of benzene rings is 2. The summed E-state index contributed by atoms with van der Waals surface area (Å²) in [5.74, 6) is -0.254. The first kappa shape index (κ1) is 14.0. The van der Waals surface area contributed by atoms with Gasteiger partial charge in [0.15, 0.2) is 0 Å². The van der Waals surface area contributed by atoms with Crippen molar-refractivity contribution >= 4 is 43.5 Å². The second-order valence-electron chi connectivity index (χ2n) is 3.94. The molecule has 0 heterocycles. The lowest BCUT2D eigenvalue weighted by molar-refractivity contribution is 0.618. The molecule has 0 spiro atoms. The predicted octanol–water partition coefficient (Wildman–Crippen LogP) is 5.92. The van der Waals surface area contributed by atoms with Crippen LogP contribution >= 0.6 is 43.5 Å². The smallest absolute Gasteiger partial charge is 0.137 e. The lowest BCUT2D eigenvalue weighted by Gasteiger charge is -2.12. The molecule has 2 aromatic rings. The Labute approximate surface area is 127 Å². The minimum atomic E-state index is -0.254. The highest BCUT2D eigenvalue weighted by molar-refractivity contribution is 9.10. The molecule has 4 heteroatoms. The highest BCUT2D eigenvalue weighted by Gasteiger charge is 2.12. The van der Waals surface area contributed by atoms with Gasteiger partial charge in [-0.05, 0) is 51.7 Å². The molecular weight excluding hydrogens is 382 g/mol. The standard InChI is InChI=1S/C14H10Br2ClF/c15-11-6-5-9(8-14(11)18)12(16)7-10-3-1-2-4-13(10)17/h1-6,8,12H,7H2. The topological polar surface area (TPSA) is 0 Å². The highest BCUT2D eigenvalue weighted by Crippen LogP contribution is 2.31. The molecule has 0 N–H and O–H groups in total. The Morgan fingerprint density at radius 3 is 2.56 bits per heavy atom. The van der Waals surface area contributed by atoms with Crippen molar-refractivity contribution in [1.82, 2.24) is 0 Å². The van der Waals surface area contributed by atoms with Gasteiger partial charge in [-0.1, -0.05) is 51.8 Å². The van der Waals surface area contributed by atoms with Gasteiger partial charge in [-0.15, -0.1) is 0 Å². The first-order chi connectivity index (χ1) is 8.58. The largest absolute Gasteiger partial charge is 0.206 e. The molecule has 2 rings (SSSR count). The number of rotatable bonds is 3. The van der Waals surface area contributed by atoms with Crippen molar-refractivity contribution in [3.63, 3.8) is 0 Å². The predicted molar refractivity (Wildman–Crippen MR) is 80.9 cm³/mol. The van der Waals surface area contributed by atoms with Crippen molar-refractivity contribution in [1.29, 1.82) is 0 Å². The molecule has 1 unspecified atom stereocenters. The second-order valence-corrected chi connectivity index (χ2v) is 6.30. The zero-order valence-corrected chi connectivity index (χ0v) is 13.3. The number of hydrogen-bond acceptors (Lipinski definition) is 0. The monoisotopic (exact) mass is 390 g/mol. The maximum atomic E-state index is 13.5. The summed E-state index contributed by atoms with van der Waals surface area (Å²) in [5.41, 5.74) is 1.94. The van der Waals surface area contributed by atoms with Crippen molar-refractivity contribution in [3.8, 4) is 0 Å². The molecule has 0 nitrogen and oxygen atoms in total. The van der Waals surface area contributed by atoms with E-state index in [1.807, 2.05) is 30.3 Å². The van der Waals surface area contributed by atoms with Gasteiger partial charge in [0.25, 0.3) is 0 Å². The van der Waals surface area contributed by atoms with Crippen LogP contribution in [0.15, 0.2) is 46.9 Å². The van der Waals surface area contributed by atoms with E-state index >= 15 is 0 Å². The maximum absolute atomic E-state index is 13.5. The Morgan fingerprint density at radius 1 is 1.17 bits per heavy atom. The van der Waals surface area contributed by atoms with Crippen molar-refractivity contribution in [3.05, 3.63) is 68.9 Å². The summed E-state index contributed by atoms with van der Waals surface area (Å²) in [6.45, 7) is 0. The Kier molecular flexibility index (Phi) is 4.82. The SMILES string of the molecule is Fc1cc(C(Br)Cc2ccccc2Cl)ccc1Br. The maximum Gasteiger partial charge on any atom is 0.137 e. The van der Waals surface area contributed by atoms with E-state index in [-0.39, 0.29) is 10.6 Å². The van der Waals surface area contributed by atoms with Crippen LogP contribution in [0.5, 0.6) is 0 Å². The van der Waals surface area contributed by atoms with Crippen LogP contribution in [-0.4, -0.2) is 0 Å². The summed E-state index contributed by atoms with van der Waals surface area (Å²) in [4.78, 5) is 0.0417. The molecular formula is C14H10Br2ClF. The van der Waals surface area contributed by atoms with Gasteiger partial charge >= 0.3 is 0 Å². The Bertz CT molecular complexity index is 557. The lowest BCUT2D eigenvalue weighted by Crippen LogP contribution is -1.97. The Balaban J connectivity index is 2.19. The third kappa shape index (κ3) is 3.34. The van der Waals surface area contributed by atoms with Gasteiger partial charge in [-0.3, -0.25) is 0 Å². The molecule has 94 valence electrons. The number of alkyl halides is 1. The number of hydrogen-bond donors (Lipinski definition) is 0. The zero-order chi connectivity index (χ0) is 13.1. The normalized spacial score (nSPS) is 12.4. The van der Waals surface area contributed by atoms with E-state index in [2.05, 4.69) is 31.9 Å². The highest BCUT2D eigenvalue weighted by atomic mass is 79.9. The fourth-order valence-corrected chi connectivity index (χ4v) is 2.78. The summed E-state index contributed by atoms with van der Waals surface area (Å²) in [5, 5.41) is 0.736. The molecule has 0 saturated carbocycles. The first-order valence-electron chi connectivity index (χ1n) is 5.40. The van der Waals surface area contributed by atoms with E-state index in [1.165, 1.54) is 6.07 Å². The van der Waals surface area contributed by atoms with E-state index in [1.54, 1.807) is 6.07 Å². The van der Waals surface area contributed by atoms with E-state index in [0.717, 1.165) is 22.6 Å². The van der Waals surface area contributed by atoms with Gasteiger partial charge in [0, 0.05) is 9.85 Å². The van der Waals surface area contributed by atoms with Crippen LogP contribution < -0.4 is 0 Å². The van der Waals surface area contributed by atoms with Crippen LogP contribution in [0.1, 0.15) is 16.0 Å². The van der Waals surface area contributed by atoms with Crippen LogP contribution in [0.4, 0.5) is 4.39 Å². The average molecular weight is 392 g/mol. The molecule has 0 aliphatic heterocycles. The third-order valence-electron chi connectivity index (χ3n) is 2.66. The molecule has 0 saturated heterocycles. The summed E-state index contributed by atoms with van der Waals surface area (Å²) in [6, 6.07) is 12.8. The van der Waals surface area contributed by atoms with Crippen LogP contribution in [-0.2, 0) is 6.42 Å². The van der Waals surface area contributed by atoms with E-state index < -0.39 is 0 Å². The molecule has 0 aromatic heterocycles. The quantitative estimate of drug-likeness (QED) is 0.569. The Morgan fingerprint density at radius 2 is 1.89 bits per heavy atom. The number of halogens is 4. The molecule has 0 bridgehead atoms. The van der Waals surface area contributed by atoms with Crippen LogP contribution in [0, 0.1) is 5.82 Å². The van der Waals surface area contributed by atoms with E-state index in [4.69, 9.17) is 11.6 Å². The summed E-state index contributed by atoms with van der Waals surface area (Å²) >= 11 is 12.8. The van der Waals surface area contributed by atoms with Crippen molar-refractivity contribution in [2.24, 2.45) is 0 Å². The summed E-state index contributed by atoms with van der Waals surface area (Å²) in [6.07, 6.45) is 0.723. The molecule has 1 atom stereocenters. The van der Waals surface area contributed by atoms with Gasteiger partial charge < -0.3 is 0 Å². The van der Waals surface area contributed by atoms with Crippen molar-refractivity contribution < 1.29 is 4.39 Å². The molecule has 0 amide bonds. The fourth-order valence-electron chi connectivity index (χ4n) is 1.68. The molecule has 2 aromatic carbocycles. The Hall–Kier alpha value is -0.380. The molecule has 0 fully saturated rings. The van der Waals surface area contributed by atoms with Crippen LogP contribution in [0.25, 0.3) is 0 Å². The first-order valence-corrected chi connectivity index (χ1v) is 7.49. The van der Waals surface area contributed by atoms with E-state index in [0.29, 0.717) is 4.47 Å². The van der Waals surface area contributed by atoms with Crippen molar-refractivity contribution in [2.45, 2.75) is 11.2 Å². The minimum Gasteiger partial charge on any atom is -0.206 e. The molecule has 0 aliphatic carbocycles. The summed E-state index contributed by atoms with van der Waals surface area (Å²) < 4.78 is 13.9. The zero-order valence-electron chi connectivity index (χ0n) is 9.34. The van der Waals surface area contributed by atoms with Gasteiger partial charge in [-0.25, -0.2) is 4.39 Å². The van der Waals surface area contributed by atoms with Gasteiger partial charge in [0.05, 0.1) is 4.47 Å². The molecule has 0 radical (unpaired) electrons. The van der Waals surface area contributed by atoms with Crippen molar-refractivity contribution in [2.75, 3.05) is 0 Å². The fraction of sp³-hybridized carbons (Fsp3) is 0.143. The van der Waals surface area contributed by atoms with Gasteiger partial charge in [0.2, 0.25) is 0 Å². The molecule has 0 aliphatic rings. The third-order valence-corrected chi connectivity index (χ3v) is 4.53. The lowest BCUT2D eigenvalue weighted by atomic mass is 10.0. The van der Waals surface area contributed by atoms with E-state index in [9.17, 15) is 4.39 Å². The van der Waals surface area contributed by atoms with Gasteiger partial charge in [-0.2, -0.15) is 0 Å². The summed E-state index contributed by atoms with van der Waals surface area (Å²) in [7, 11) is 0. The van der Waals surface area contributed by atoms with Crippen LogP contribution in [0.3, 0.4) is 0 Å². The second kappa shape index (κ2) is 6.18. The minimum absolute atomic E-state index is 0.0417. The van der Waals surface area contributed by atoms with Gasteiger partial charge in [0.1, 0.15) is 5.82 Å². The van der Waals surface area contributed by atoms with Crippen LogP contribution in [0.2, 0.25) is 5.02 Å². The average Bonchev–Trinajstić information content (AvgIpc) is 2.35.